The maximum Gasteiger partial charge on any atom is 0.234 e. The highest BCUT2D eigenvalue weighted by atomic mass is 32.1. The number of nitrogens with zero attached hydrogens (tertiary/aromatic N) is 4. The molecule has 8 heteroatoms. The molecule has 0 radical (unpaired) electrons. The van der Waals surface area contributed by atoms with Gasteiger partial charge in [-0.3, -0.25) is 9.69 Å². The zero-order valence-corrected chi connectivity index (χ0v) is 22.2. The van der Waals surface area contributed by atoms with Crippen LogP contribution in [0.5, 0.6) is 0 Å². The Kier molecular flexibility index (Phi) is 5.13. The summed E-state index contributed by atoms with van der Waals surface area (Å²) >= 11 is 1.94. The molecule has 4 aromatic heterocycles. The largest absolute Gasteiger partial charge is 0.368 e. The normalized spacial score (nSPS) is 23.3. The van der Waals surface area contributed by atoms with Gasteiger partial charge >= 0.3 is 0 Å². The quantitative estimate of drug-likeness (QED) is 0.410. The molecule has 0 spiro atoms. The van der Waals surface area contributed by atoms with Gasteiger partial charge in [-0.05, 0) is 80.5 Å². The third-order valence-corrected chi connectivity index (χ3v) is 10.1. The first-order valence-electron chi connectivity index (χ1n) is 12.7. The van der Waals surface area contributed by atoms with Crippen LogP contribution in [0.2, 0.25) is 0 Å². The van der Waals surface area contributed by atoms with E-state index in [0.29, 0.717) is 23.8 Å². The van der Waals surface area contributed by atoms with E-state index in [-0.39, 0.29) is 11.9 Å². The number of carbonyl (C=O) groups is 1. The Labute approximate surface area is 209 Å². The van der Waals surface area contributed by atoms with Crippen LogP contribution in [0, 0.1) is 26.7 Å². The molecule has 6 rings (SSSR count). The highest BCUT2D eigenvalue weighted by Crippen LogP contribution is 2.53. The lowest BCUT2D eigenvalue weighted by molar-refractivity contribution is -0.123. The first kappa shape index (κ1) is 22.7. The van der Waals surface area contributed by atoms with Gasteiger partial charge in [0.05, 0.1) is 11.7 Å². The molecular formula is C27H34N6OS. The molecule has 2 aliphatic rings. The Morgan fingerprint density at radius 3 is 2.60 bits per heavy atom. The van der Waals surface area contributed by atoms with Crippen LogP contribution in [0.1, 0.15) is 72.6 Å². The molecule has 1 aliphatic heterocycles. The highest BCUT2D eigenvalue weighted by Gasteiger charge is 2.48. The summed E-state index contributed by atoms with van der Waals surface area (Å²) in [5.74, 6) is 1.35. The number of carbonyl (C=O) groups excluding carboxylic acids is 1. The van der Waals surface area contributed by atoms with E-state index < -0.39 is 0 Å². The number of pyridine rings is 1. The second-order valence-corrected chi connectivity index (χ2v) is 12.0. The monoisotopic (exact) mass is 490 g/mol. The number of aromatic amines is 1. The van der Waals surface area contributed by atoms with E-state index in [2.05, 4.69) is 60.8 Å². The zero-order valence-electron chi connectivity index (χ0n) is 21.3. The lowest BCUT2D eigenvalue weighted by Gasteiger charge is -2.34. The Balaban J connectivity index is 1.42. The van der Waals surface area contributed by atoms with E-state index in [1.54, 1.807) is 6.33 Å². The van der Waals surface area contributed by atoms with Crippen molar-refractivity contribution in [3.63, 3.8) is 0 Å². The number of fused-ring (bicyclic) bond motifs is 4. The van der Waals surface area contributed by atoms with Gasteiger partial charge < -0.3 is 10.7 Å². The molecule has 1 saturated heterocycles. The molecule has 4 atom stereocenters. The number of primary amides is 1. The van der Waals surface area contributed by atoms with Crippen molar-refractivity contribution in [3.05, 3.63) is 39.7 Å². The van der Waals surface area contributed by atoms with E-state index in [4.69, 9.17) is 5.73 Å². The van der Waals surface area contributed by atoms with Crippen molar-refractivity contribution >= 4 is 33.1 Å². The van der Waals surface area contributed by atoms with Gasteiger partial charge in [-0.25, -0.2) is 9.50 Å². The topological polar surface area (TPSA) is 92.3 Å². The van der Waals surface area contributed by atoms with E-state index in [9.17, 15) is 4.79 Å². The smallest absolute Gasteiger partial charge is 0.234 e. The molecule has 7 nitrogen and oxygen atoms in total. The molecule has 0 aromatic carbocycles. The molecule has 1 aliphatic carbocycles. The van der Waals surface area contributed by atoms with E-state index in [1.165, 1.54) is 55.0 Å². The average molecular weight is 491 g/mol. The first-order chi connectivity index (χ1) is 16.7. The van der Waals surface area contributed by atoms with Crippen molar-refractivity contribution in [2.45, 2.75) is 78.3 Å². The number of hydrogen-bond donors (Lipinski definition) is 2. The van der Waals surface area contributed by atoms with Gasteiger partial charge in [0.15, 0.2) is 5.65 Å². The summed E-state index contributed by atoms with van der Waals surface area (Å²) in [6.07, 6.45) is 6.04. The van der Waals surface area contributed by atoms with Crippen LogP contribution in [0.3, 0.4) is 0 Å². The van der Waals surface area contributed by atoms with Crippen molar-refractivity contribution in [1.82, 2.24) is 24.5 Å². The van der Waals surface area contributed by atoms with Crippen LogP contribution in [0.15, 0.2) is 12.5 Å². The number of H-pyrrole nitrogens is 1. The second kappa shape index (κ2) is 7.90. The SMILES string of the molecule is Cc1c(-c2[nH]c3sc([C@@H]4C[C@@H]5C[C@H]4CN5[C@H](C)C(N)=O)c(C)c3c2C(C)C)cn2ncnc2c1C. The number of amides is 1. The number of aryl methyl sites for hydroxylation is 2. The van der Waals surface area contributed by atoms with Crippen molar-refractivity contribution < 1.29 is 4.79 Å². The Morgan fingerprint density at radius 2 is 1.94 bits per heavy atom. The van der Waals surface area contributed by atoms with E-state index >= 15 is 0 Å². The number of nitrogens with two attached hydrogens (primary N) is 1. The Bertz CT molecular complexity index is 1480. The fraction of sp³-hybridized carbons (Fsp3) is 0.519. The highest BCUT2D eigenvalue weighted by molar-refractivity contribution is 7.19. The summed E-state index contributed by atoms with van der Waals surface area (Å²) in [5, 5.41) is 5.82. The van der Waals surface area contributed by atoms with Gasteiger partial charge in [0.25, 0.3) is 0 Å². The standard InChI is InChI=1S/C27H34N6OS/c1-12(2)21-22-15(5)24(19-8-18-7-17(19)9-32(18)16(6)25(28)34)35-27(22)31-23(21)20-10-33-26(29-11-30-33)14(4)13(20)3/h10-12,16-19,31H,7-9H2,1-6H3,(H2,28,34)/t16-,17+,18+,19-/m1/s1. The molecule has 1 saturated carbocycles. The molecule has 1 amide bonds. The molecular weight excluding hydrogens is 456 g/mol. The summed E-state index contributed by atoms with van der Waals surface area (Å²) in [7, 11) is 0. The average Bonchev–Trinajstić information content (AvgIpc) is 3.61. The summed E-state index contributed by atoms with van der Waals surface area (Å²) < 4.78 is 1.89. The number of thiophene rings is 1. The van der Waals surface area contributed by atoms with Gasteiger partial charge in [0, 0.05) is 34.6 Å². The fourth-order valence-corrected chi connectivity index (χ4v) is 8.23. The van der Waals surface area contributed by atoms with Crippen LogP contribution in [0.4, 0.5) is 0 Å². The molecule has 184 valence electrons. The molecule has 3 N–H and O–H groups in total. The van der Waals surface area contributed by atoms with E-state index in [0.717, 1.165) is 18.6 Å². The van der Waals surface area contributed by atoms with Gasteiger partial charge in [0.2, 0.25) is 5.91 Å². The third-order valence-electron chi connectivity index (χ3n) is 8.76. The lowest BCUT2D eigenvalue weighted by atomic mass is 9.88. The first-order valence-corrected chi connectivity index (χ1v) is 13.5. The molecule has 35 heavy (non-hydrogen) atoms. The Hall–Kier alpha value is -2.71. The number of aromatic nitrogens is 4. The summed E-state index contributed by atoms with van der Waals surface area (Å²) in [6.45, 7) is 14.1. The number of nitrogens with one attached hydrogen (secondary N) is 1. The van der Waals surface area contributed by atoms with Gasteiger partial charge in [-0.1, -0.05) is 13.8 Å². The zero-order chi connectivity index (χ0) is 24.8. The van der Waals surface area contributed by atoms with Crippen LogP contribution < -0.4 is 5.73 Å². The Morgan fingerprint density at radius 1 is 1.17 bits per heavy atom. The predicted octanol–water partition coefficient (Wildman–Crippen LogP) is 5.04. The van der Waals surface area contributed by atoms with Crippen LogP contribution in [-0.4, -0.2) is 49.0 Å². The molecule has 0 unspecified atom stereocenters. The predicted molar refractivity (Wildman–Crippen MR) is 141 cm³/mol. The minimum atomic E-state index is -0.210. The number of likely N-dealkylation sites (tertiary alicyclic amines) is 1. The van der Waals surface area contributed by atoms with E-state index in [1.807, 2.05) is 22.8 Å². The van der Waals surface area contributed by atoms with Crippen LogP contribution in [-0.2, 0) is 4.79 Å². The molecule has 2 fully saturated rings. The van der Waals surface area contributed by atoms with Gasteiger partial charge in [0.1, 0.15) is 11.2 Å². The van der Waals surface area contributed by atoms with Crippen molar-refractivity contribution in [2.75, 3.05) is 6.54 Å². The van der Waals surface area contributed by atoms with Crippen molar-refractivity contribution in [3.8, 4) is 11.3 Å². The third kappa shape index (κ3) is 3.22. The van der Waals surface area contributed by atoms with Gasteiger partial charge in [-0.2, -0.15) is 5.10 Å². The number of hydrogen-bond acceptors (Lipinski definition) is 5. The molecule has 4 aromatic rings. The van der Waals surface area contributed by atoms with Crippen molar-refractivity contribution in [2.24, 2.45) is 11.7 Å². The lowest BCUT2D eigenvalue weighted by Crippen LogP contribution is -2.47. The number of rotatable bonds is 5. The minimum absolute atomic E-state index is 0.172. The summed E-state index contributed by atoms with van der Waals surface area (Å²) in [6, 6.07) is 0.293. The van der Waals surface area contributed by atoms with Crippen molar-refractivity contribution in [1.29, 1.82) is 0 Å². The molecule has 2 bridgehead atoms. The second-order valence-electron chi connectivity index (χ2n) is 11.0. The van der Waals surface area contributed by atoms with Crippen LogP contribution in [0.25, 0.3) is 27.1 Å². The number of piperidine rings is 1. The fourth-order valence-electron chi connectivity index (χ4n) is 6.79. The summed E-state index contributed by atoms with van der Waals surface area (Å²) in [5.41, 5.74) is 14.2. The maximum atomic E-state index is 11.8. The van der Waals surface area contributed by atoms with Gasteiger partial charge in [-0.15, -0.1) is 11.3 Å². The molecule has 5 heterocycles. The maximum absolute atomic E-state index is 11.8. The van der Waals surface area contributed by atoms with Crippen LogP contribution >= 0.6 is 11.3 Å². The summed E-state index contributed by atoms with van der Waals surface area (Å²) in [4.78, 5) is 25.2. The minimum Gasteiger partial charge on any atom is -0.368 e.